The number of anilines is 1. The van der Waals surface area contributed by atoms with Crippen LogP contribution < -0.4 is 9.62 Å². The summed E-state index contributed by atoms with van der Waals surface area (Å²) in [6, 6.07) is 23.1. The molecule has 0 heterocycles. The van der Waals surface area contributed by atoms with Gasteiger partial charge in [-0.3, -0.25) is 13.9 Å². The first kappa shape index (κ1) is 31.1. The number of hydrogen-bond acceptors (Lipinski definition) is 4. The number of amides is 2. The fourth-order valence-corrected chi connectivity index (χ4v) is 5.77. The highest BCUT2D eigenvalue weighted by Gasteiger charge is 2.33. The molecule has 0 radical (unpaired) electrons. The third-order valence-electron chi connectivity index (χ3n) is 6.14. The number of unbranched alkanes of at least 4 members (excludes halogenated alkanes) is 1. The minimum atomic E-state index is -3.79. The molecular formula is C29H33BrIN3O4S. The Labute approximate surface area is 253 Å². The molecule has 0 fully saturated rings. The monoisotopic (exact) mass is 725 g/mol. The van der Waals surface area contributed by atoms with Crippen LogP contribution in [-0.2, 0) is 32.6 Å². The highest BCUT2D eigenvalue weighted by molar-refractivity contribution is 14.1. The molecule has 1 N–H and O–H groups in total. The molecule has 0 saturated heterocycles. The number of carbonyl (C=O) groups excluding carboxylic acids is 2. The lowest BCUT2D eigenvalue weighted by Gasteiger charge is -2.33. The van der Waals surface area contributed by atoms with Crippen molar-refractivity contribution in [3.05, 3.63) is 98.0 Å². The summed E-state index contributed by atoms with van der Waals surface area (Å²) in [5.74, 6) is -0.735. The zero-order chi connectivity index (χ0) is 28.4. The standard InChI is InChI=1S/C29H33BrIN3O4S/c1-3-4-17-32-29(36)27(19-22-9-6-5-7-10-22)33(20-23-11-8-12-24(30)18-23)28(35)21-34(39(2,37)38)26-15-13-25(31)14-16-26/h5-16,18,27H,3-4,17,19-21H2,1-2H3,(H,32,36). The molecule has 39 heavy (non-hydrogen) atoms. The van der Waals surface area contributed by atoms with Crippen LogP contribution in [0.5, 0.6) is 0 Å². The molecule has 0 aliphatic carbocycles. The Morgan fingerprint density at radius 2 is 1.64 bits per heavy atom. The van der Waals surface area contributed by atoms with Gasteiger partial charge in [-0.05, 0) is 76.5 Å². The predicted molar refractivity (Wildman–Crippen MR) is 168 cm³/mol. The van der Waals surface area contributed by atoms with Crippen LogP contribution in [0, 0.1) is 3.57 Å². The molecule has 1 unspecified atom stereocenters. The highest BCUT2D eigenvalue weighted by Crippen LogP contribution is 2.22. The first-order valence-corrected chi connectivity index (χ1v) is 16.4. The number of carbonyl (C=O) groups is 2. The second-order valence-electron chi connectivity index (χ2n) is 9.25. The summed E-state index contributed by atoms with van der Waals surface area (Å²) in [6.45, 7) is 2.25. The zero-order valence-electron chi connectivity index (χ0n) is 22.0. The average molecular weight is 726 g/mol. The van der Waals surface area contributed by atoms with Crippen molar-refractivity contribution in [1.82, 2.24) is 10.2 Å². The van der Waals surface area contributed by atoms with E-state index in [9.17, 15) is 18.0 Å². The number of sulfonamides is 1. The molecule has 0 spiro atoms. The van der Waals surface area contributed by atoms with E-state index in [0.29, 0.717) is 18.7 Å². The van der Waals surface area contributed by atoms with Crippen molar-refractivity contribution in [3.63, 3.8) is 0 Å². The fourth-order valence-electron chi connectivity index (χ4n) is 4.11. The van der Waals surface area contributed by atoms with Crippen molar-refractivity contribution in [2.45, 2.75) is 38.8 Å². The van der Waals surface area contributed by atoms with Gasteiger partial charge >= 0.3 is 0 Å². The summed E-state index contributed by atoms with van der Waals surface area (Å²) in [4.78, 5) is 29.1. The molecule has 3 rings (SSSR count). The Kier molecular flexibility index (Phi) is 11.8. The van der Waals surface area contributed by atoms with Crippen LogP contribution in [0.4, 0.5) is 5.69 Å². The van der Waals surface area contributed by atoms with Crippen molar-refractivity contribution in [2.24, 2.45) is 0 Å². The highest BCUT2D eigenvalue weighted by atomic mass is 127. The molecule has 7 nitrogen and oxygen atoms in total. The number of hydrogen-bond donors (Lipinski definition) is 1. The Balaban J connectivity index is 2.02. The van der Waals surface area contributed by atoms with E-state index in [0.717, 1.165) is 42.6 Å². The lowest BCUT2D eigenvalue weighted by atomic mass is 10.0. The second-order valence-corrected chi connectivity index (χ2v) is 13.3. The summed E-state index contributed by atoms with van der Waals surface area (Å²) < 4.78 is 28.5. The summed E-state index contributed by atoms with van der Waals surface area (Å²) in [5.41, 5.74) is 2.11. The van der Waals surface area contributed by atoms with Gasteiger partial charge in [0.1, 0.15) is 12.6 Å². The van der Waals surface area contributed by atoms with Crippen LogP contribution in [0.2, 0.25) is 0 Å². The fraction of sp³-hybridized carbons (Fsp3) is 0.310. The molecule has 1 atom stereocenters. The van der Waals surface area contributed by atoms with E-state index in [4.69, 9.17) is 0 Å². The van der Waals surface area contributed by atoms with Gasteiger partial charge in [0.15, 0.2) is 0 Å². The Hall–Kier alpha value is -2.44. The summed E-state index contributed by atoms with van der Waals surface area (Å²) >= 11 is 5.62. The maximum Gasteiger partial charge on any atom is 0.244 e. The van der Waals surface area contributed by atoms with Crippen LogP contribution in [0.1, 0.15) is 30.9 Å². The van der Waals surface area contributed by atoms with E-state index in [1.54, 1.807) is 24.3 Å². The van der Waals surface area contributed by atoms with E-state index in [-0.39, 0.29) is 12.5 Å². The maximum absolute atomic E-state index is 14.0. The zero-order valence-corrected chi connectivity index (χ0v) is 26.6. The third-order valence-corrected chi connectivity index (χ3v) is 8.49. The van der Waals surface area contributed by atoms with Crippen LogP contribution >= 0.6 is 38.5 Å². The van der Waals surface area contributed by atoms with Gasteiger partial charge in [-0.15, -0.1) is 0 Å². The second kappa shape index (κ2) is 14.8. The number of nitrogens with one attached hydrogen (secondary N) is 1. The number of rotatable bonds is 13. The summed E-state index contributed by atoms with van der Waals surface area (Å²) in [7, 11) is -3.79. The minimum absolute atomic E-state index is 0.140. The SMILES string of the molecule is CCCCNC(=O)C(Cc1ccccc1)N(Cc1cccc(Br)c1)C(=O)CN(c1ccc(I)cc1)S(C)(=O)=O. The van der Waals surface area contributed by atoms with Crippen molar-refractivity contribution in [3.8, 4) is 0 Å². The minimum Gasteiger partial charge on any atom is -0.354 e. The molecule has 0 aliphatic rings. The number of halogens is 2. The first-order chi connectivity index (χ1) is 18.6. The van der Waals surface area contributed by atoms with E-state index >= 15 is 0 Å². The molecule has 0 bridgehead atoms. The third kappa shape index (κ3) is 9.61. The average Bonchev–Trinajstić information content (AvgIpc) is 2.90. The molecule has 2 amide bonds. The number of benzene rings is 3. The molecule has 0 aliphatic heterocycles. The summed E-state index contributed by atoms with van der Waals surface area (Å²) in [5, 5.41) is 2.98. The van der Waals surface area contributed by atoms with E-state index in [2.05, 4.69) is 43.8 Å². The first-order valence-electron chi connectivity index (χ1n) is 12.7. The van der Waals surface area contributed by atoms with Gasteiger partial charge in [-0.2, -0.15) is 0 Å². The van der Waals surface area contributed by atoms with Crippen molar-refractivity contribution in [2.75, 3.05) is 23.7 Å². The molecule has 3 aromatic rings. The van der Waals surface area contributed by atoms with Crippen molar-refractivity contribution >= 4 is 66.0 Å². The molecule has 0 aromatic heterocycles. The largest absolute Gasteiger partial charge is 0.354 e. The topological polar surface area (TPSA) is 86.8 Å². The quantitative estimate of drug-likeness (QED) is 0.190. The molecular weight excluding hydrogens is 693 g/mol. The van der Waals surface area contributed by atoms with Gasteiger partial charge in [-0.25, -0.2) is 8.42 Å². The van der Waals surface area contributed by atoms with E-state index in [1.807, 2.05) is 61.5 Å². The normalized spacial score (nSPS) is 12.0. The van der Waals surface area contributed by atoms with Gasteiger partial charge in [0.05, 0.1) is 11.9 Å². The summed E-state index contributed by atoms with van der Waals surface area (Å²) in [6.07, 6.45) is 3.11. The van der Waals surface area contributed by atoms with Crippen LogP contribution in [0.3, 0.4) is 0 Å². The van der Waals surface area contributed by atoms with Crippen LogP contribution in [-0.4, -0.2) is 50.5 Å². The molecule has 0 saturated carbocycles. The Morgan fingerprint density at radius 1 is 0.974 bits per heavy atom. The van der Waals surface area contributed by atoms with E-state index < -0.39 is 28.5 Å². The van der Waals surface area contributed by atoms with Crippen molar-refractivity contribution in [1.29, 1.82) is 0 Å². The van der Waals surface area contributed by atoms with Crippen molar-refractivity contribution < 1.29 is 18.0 Å². The van der Waals surface area contributed by atoms with Crippen LogP contribution in [0.25, 0.3) is 0 Å². The Morgan fingerprint density at radius 3 is 2.26 bits per heavy atom. The van der Waals surface area contributed by atoms with Crippen LogP contribution in [0.15, 0.2) is 83.3 Å². The van der Waals surface area contributed by atoms with Gasteiger partial charge < -0.3 is 10.2 Å². The lowest BCUT2D eigenvalue weighted by Crippen LogP contribution is -2.53. The van der Waals surface area contributed by atoms with Gasteiger partial charge in [0.25, 0.3) is 0 Å². The Bertz CT molecular complexity index is 1350. The van der Waals surface area contributed by atoms with Gasteiger partial charge in [0.2, 0.25) is 21.8 Å². The van der Waals surface area contributed by atoms with E-state index in [1.165, 1.54) is 4.90 Å². The number of nitrogens with zero attached hydrogens (tertiary/aromatic N) is 2. The maximum atomic E-state index is 14.0. The van der Waals surface area contributed by atoms with Gasteiger partial charge in [-0.1, -0.05) is 71.7 Å². The molecule has 10 heteroatoms. The molecule has 208 valence electrons. The lowest BCUT2D eigenvalue weighted by molar-refractivity contribution is -0.140. The smallest absolute Gasteiger partial charge is 0.244 e. The van der Waals surface area contributed by atoms with Gasteiger partial charge in [0, 0.05) is 27.6 Å². The molecule has 3 aromatic carbocycles. The predicted octanol–water partition coefficient (Wildman–Crippen LogP) is 5.38.